The van der Waals surface area contributed by atoms with Crippen LogP contribution in [0.2, 0.25) is 0 Å². The quantitative estimate of drug-likeness (QED) is 0.247. The van der Waals surface area contributed by atoms with Crippen molar-refractivity contribution in [3.63, 3.8) is 0 Å². The van der Waals surface area contributed by atoms with Crippen molar-refractivity contribution >= 4 is 27.5 Å². The number of thiophene rings is 1. The largest absolute Gasteiger partial charge is 0.496 e. The number of para-hydroxylation sites is 1. The molecule has 3 heterocycles. The minimum atomic E-state index is -1.06. The van der Waals surface area contributed by atoms with Crippen LogP contribution in [0.3, 0.4) is 0 Å². The third-order valence-corrected chi connectivity index (χ3v) is 8.33. The van der Waals surface area contributed by atoms with Gasteiger partial charge in [-0.1, -0.05) is 29.5 Å². The average Bonchev–Trinajstić information content (AvgIpc) is 3.61. The van der Waals surface area contributed by atoms with Crippen molar-refractivity contribution in [3.05, 3.63) is 68.6 Å². The van der Waals surface area contributed by atoms with Crippen LogP contribution < -0.4 is 16.0 Å². The van der Waals surface area contributed by atoms with E-state index in [0.717, 1.165) is 4.57 Å². The molecule has 13 heteroatoms. The summed E-state index contributed by atoms with van der Waals surface area (Å²) < 4.78 is 14.2. The van der Waals surface area contributed by atoms with Crippen LogP contribution in [0.25, 0.3) is 15.2 Å². The molecule has 0 aliphatic heterocycles. The minimum Gasteiger partial charge on any atom is -0.496 e. The Morgan fingerprint density at radius 2 is 1.85 bits per heavy atom. The highest BCUT2D eigenvalue weighted by Crippen LogP contribution is 2.33. The van der Waals surface area contributed by atoms with Gasteiger partial charge in [-0.2, -0.15) is 15.5 Å². The van der Waals surface area contributed by atoms with Gasteiger partial charge in [0.1, 0.15) is 27.7 Å². The molecule has 0 unspecified atom stereocenters. The Bertz CT molecular complexity index is 1700. The third-order valence-electron chi connectivity index (χ3n) is 7.05. The van der Waals surface area contributed by atoms with Gasteiger partial charge in [0, 0.05) is 24.2 Å². The first kappa shape index (κ1) is 29.7. The number of amides is 1. The van der Waals surface area contributed by atoms with E-state index in [0.29, 0.717) is 32.1 Å². The molecule has 0 saturated carbocycles. The maximum atomic E-state index is 14.2. The number of carbonyl (C=O) groups excluding carboxylic acids is 1. The molecule has 0 N–H and O–H groups in total. The van der Waals surface area contributed by atoms with E-state index in [1.165, 1.54) is 38.0 Å². The number of aromatic nitrogens is 5. The second-order valence-corrected chi connectivity index (χ2v) is 10.8. The lowest BCUT2D eigenvalue weighted by atomic mass is 10.1. The number of fused-ring (bicyclic) bond motifs is 1. The fourth-order valence-electron chi connectivity index (χ4n) is 4.61. The van der Waals surface area contributed by atoms with E-state index >= 15 is 0 Å². The lowest BCUT2D eigenvalue weighted by Crippen LogP contribution is -2.47. The molecule has 0 spiro atoms. The zero-order valence-electron chi connectivity index (χ0n) is 23.9. The fraction of sp³-hybridized carbons (Fsp3) is 0.429. The van der Waals surface area contributed by atoms with Crippen molar-refractivity contribution in [2.45, 2.75) is 58.8 Å². The van der Waals surface area contributed by atoms with Gasteiger partial charge in [-0.3, -0.25) is 14.2 Å². The number of hydrogen-bond acceptors (Lipinski definition) is 9. The van der Waals surface area contributed by atoms with Crippen LogP contribution in [0.1, 0.15) is 50.5 Å². The highest BCUT2D eigenvalue weighted by molar-refractivity contribution is 7.21. The number of rotatable bonds is 11. The second-order valence-electron chi connectivity index (χ2n) is 9.83. The van der Waals surface area contributed by atoms with E-state index < -0.39 is 23.4 Å². The SMILES string of the molecule is COc1ccccc1[C@H](Cn1c(=O)n([C@H](C)C(=O)N(C)C(C)C)c(=O)c2c(C)c(-n3nccn3)sc21)OCCC#N. The van der Waals surface area contributed by atoms with Gasteiger partial charge in [-0.25, -0.2) is 9.36 Å². The molecule has 12 nitrogen and oxygen atoms in total. The first-order valence-electron chi connectivity index (χ1n) is 13.2. The zero-order valence-corrected chi connectivity index (χ0v) is 24.7. The van der Waals surface area contributed by atoms with E-state index in [2.05, 4.69) is 16.3 Å². The molecular weight excluding hydrogens is 546 g/mol. The van der Waals surface area contributed by atoms with E-state index in [1.54, 1.807) is 34.1 Å². The van der Waals surface area contributed by atoms with Crippen LogP contribution in [0.5, 0.6) is 5.75 Å². The third kappa shape index (κ3) is 5.66. The van der Waals surface area contributed by atoms with Gasteiger partial charge in [0.05, 0.1) is 50.5 Å². The van der Waals surface area contributed by atoms with Crippen molar-refractivity contribution in [1.82, 2.24) is 29.0 Å². The molecule has 4 aromatic rings. The molecule has 1 aromatic carbocycles. The number of ether oxygens (including phenoxy) is 2. The summed E-state index contributed by atoms with van der Waals surface area (Å²) in [6.45, 7) is 7.16. The number of hydrogen-bond donors (Lipinski definition) is 0. The molecular formula is C28H33N7O5S. The molecule has 0 bridgehead atoms. The predicted molar refractivity (Wildman–Crippen MR) is 155 cm³/mol. The van der Waals surface area contributed by atoms with Crippen molar-refractivity contribution in [3.8, 4) is 16.8 Å². The maximum Gasteiger partial charge on any atom is 0.332 e. The molecule has 1 amide bonds. The summed E-state index contributed by atoms with van der Waals surface area (Å²) in [6.07, 6.45) is 2.50. The molecule has 0 fully saturated rings. The molecule has 0 aliphatic carbocycles. The summed E-state index contributed by atoms with van der Waals surface area (Å²) in [5.41, 5.74) is 0.0534. The molecule has 0 aliphatic rings. The van der Waals surface area contributed by atoms with Crippen LogP contribution in [-0.4, -0.2) is 61.7 Å². The molecule has 41 heavy (non-hydrogen) atoms. The van der Waals surface area contributed by atoms with Crippen LogP contribution >= 0.6 is 11.3 Å². The standard InChI is InChI=1S/C28H33N7O5S/c1-17(2)32(5)24(36)19(4)34-25(37)23-18(3)26(35-30-13-14-31-35)41-27(23)33(28(34)38)16-22(40-15-9-12-29)20-10-7-8-11-21(20)39-6/h7-8,10-11,13-14,17,19,22H,9,15-16H2,1-6H3/t19-,22+/m1/s1. The average molecular weight is 580 g/mol. The summed E-state index contributed by atoms with van der Waals surface area (Å²) in [6, 6.07) is 8.15. The summed E-state index contributed by atoms with van der Waals surface area (Å²) in [4.78, 5) is 44.8. The number of methoxy groups -OCH3 is 1. The Morgan fingerprint density at radius 1 is 1.17 bits per heavy atom. The zero-order chi connectivity index (χ0) is 29.8. The lowest BCUT2D eigenvalue weighted by Gasteiger charge is -2.26. The van der Waals surface area contributed by atoms with Gasteiger partial charge in [0.25, 0.3) is 5.56 Å². The molecule has 0 radical (unpaired) electrons. The summed E-state index contributed by atoms with van der Waals surface area (Å²) in [7, 11) is 3.18. The van der Waals surface area contributed by atoms with Crippen LogP contribution in [-0.2, 0) is 16.1 Å². The number of nitrogens with zero attached hydrogens (tertiary/aromatic N) is 7. The lowest BCUT2D eigenvalue weighted by molar-refractivity contribution is -0.134. The number of aryl methyl sites for hydroxylation is 1. The van der Waals surface area contributed by atoms with E-state index in [9.17, 15) is 14.4 Å². The van der Waals surface area contributed by atoms with Crippen LogP contribution in [0.15, 0.2) is 46.2 Å². The highest BCUT2D eigenvalue weighted by atomic mass is 32.1. The Kier molecular flexibility index (Phi) is 9.05. The summed E-state index contributed by atoms with van der Waals surface area (Å²) in [5, 5.41) is 18.4. The van der Waals surface area contributed by atoms with Gasteiger partial charge >= 0.3 is 5.69 Å². The second kappa shape index (κ2) is 12.5. The van der Waals surface area contributed by atoms with Crippen molar-refractivity contribution in [1.29, 1.82) is 5.26 Å². The van der Waals surface area contributed by atoms with Gasteiger partial charge in [0.2, 0.25) is 5.91 Å². The highest BCUT2D eigenvalue weighted by Gasteiger charge is 2.30. The van der Waals surface area contributed by atoms with Gasteiger partial charge in [-0.15, -0.1) is 4.80 Å². The first-order chi connectivity index (χ1) is 19.6. The van der Waals surface area contributed by atoms with E-state index in [1.807, 2.05) is 32.0 Å². The summed E-state index contributed by atoms with van der Waals surface area (Å²) in [5.74, 6) is 0.191. The number of likely N-dealkylation sites (N-methyl/N-ethyl adjacent to an activating group) is 1. The smallest absolute Gasteiger partial charge is 0.332 e. The minimum absolute atomic E-state index is 0.00568. The Balaban J connectivity index is 1.99. The molecule has 3 aromatic heterocycles. The van der Waals surface area contributed by atoms with Crippen molar-refractivity contribution in [2.24, 2.45) is 0 Å². The maximum absolute atomic E-state index is 14.2. The van der Waals surface area contributed by atoms with Crippen LogP contribution in [0.4, 0.5) is 0 Å². The van der Waals surface area contributed by atoms with Crippen molar-refractivity contribution < 1.29 is 14.3 Å². The molecule has 2 atom stereocenters. The predicted octanol–water partition coefficient (Wildman–Crippen LogP) is 3.22. The van der Waals surface area contributed by atoms with Crippen LogP contribution in [0, 0.1) is 18.3 Å². The number of benzene rings is 1. The number of nitriles is 1. The normalized spacial score (nSPS) is 12.8. The molecule has 4 rings (SSSR count). The fourth-order valence-corrected chi connectivity index (χ4v) is 5.83. The Labute approximate surface area is 240 Å². The number of carbonyl (C=O) groups is 1. The topological polar surface area (TPSA) is 137 Å². The molecule has 0 saturated heterocycles. The Morgan fingerprint density at radius 3 is 2.49 bits per heavy atom. The monoisotopic (exact) mass is 579 g/mol. The van der Waals surface area contributed by atoms with E-state index in [4.69, 9.17) is 14.7 Å². The van der Waals surface area contributed by atoms with Crippen molar-refractivity contribution in [2.75, 3.05) is 20.8 Å². The van der Waals surface area contributed by atoms with Gasteiger partial charge in [-0.05, 0) is 33.8 Å². The van der Waals surface area contributed by atoms with Gasteiger partial charge < -0.3 is 14.4 Å². The molecule has 216 valence electrons. The first-order valence-corrected chi connectivity index (χ1v) is 14.0. The Hall–Kier alpha value is -4.28. The van der Waals surface area contributed by atoms with Gasteiger partial charge in [0.15, 0.2) is 0 Å². The van der Waals surface area contributed by atoms with E-state index in [-0.39, 0.29) is 31.5 Å². The summed E-state index contributed by atoms with van der Waals surface area (Å²) >= 11 is 1.21.